The molecule has 0 bridgehead atoms. The van der Waals surface area contributed by atoms with Crippen LogP contribution < -0.4 is 10.6 Å². The number of benzene rings is 1. The molecule has 2 unspecified atom stereocenters. The minimum Gasteiger partial charge on any atom is -0.367 e. The molecule has 2 aliphatic heterocycles. The smallest absolute Gasteiger partial charge is 0.0830 e. The summed E-state index contributed by atoms with van der Waals surface area (Å²) in [6, 6.07) is 4.56. The van der Waals surface area contributed by atoms with Gasteiger partial charge in [0.1, 0.15) is 0 Å². The summed E-state index contributed by atoms with van der Waals surface area (Å²) in [4.78, 5) is 4.48. The van der Waals surface area contributed by atoms with Crippen molar-refractivity contribution in [3.63, 3.8) is 0 Å². The number of nitrogens with zero attached hydrogens (tertiary/aromatic N) is 2. The van der Waals surface area contributed by atoms with E-state index in [9.17, 15) is 0 Å². The van der Waals surface area contributed by atoms with Crippen LogP contribution in [0.15, 0.2) is 12.1 Å². The minimum atomic E-state index is 0.423. The molecule has 0 amide bonds. The fraction of sp³-hybridized carbons (Fsp3) is 0.571. The molecule has 0 spiro atoms. The highest BCUT2D eigenvalue weighted by molar-refractivity contribution is 5.80. The van der Waals surface area contributed by atoms with Crippen molar-refractivity contribution >= 4 is 11.4 Å². The van der Waals surface area contributed by atoms with E-state index in [-0.39, 0.29) is 0 Å². The molecule has 1 aromatic carbocycles. The van der Waals surface area contributed by atoms with Gasteiger partial charge in [0.05, 0.1) is 23.7 Å². The normalized spacial score (nSPS) is 25.0. The molecule has 0 aliphatic carbocycles. The predicted octanol–water partition coefficient (Wildman–Crippen LogP) is 1.40. The van der Waals surface area contributed by atoms with E-state index in [2.05, 4.69) is 60.8 Å². The number of rotatable bonds is 2. The van der Waals surface area contributed by atoms with Crippen molar-refractivity contribution in [3.05, 3.63) is 23.3 Å². The van der Waals surface area contributed by atoms with Gasteiger partial charge in [-0.2, -0.15) is 0 Å². The van der Waals surface area contributed by atoms with E-state index in [1.165, 1.54) is 22.5 Å². The summed E-state index contributed by atoms with van der Waals surface area (Å²) in [6.45, 7) is 0. The first-order valence-corrected chi connectivity index (χ1v) is 6.57. The Morgan fingerprint density at radius 2 is 1.22 bits per heavy atom. The van der Waals surface area contributed by atoms with Crippen LogP contribution in [0.4, 0.5) is 11.4 Å². The maximum atomic E-state index is 3.64. The van der Waals surface area contributed by atoms with Crippen molar-refractivity contribution in [2.75, 3.05) is 38.8 Å². The largest absolute Gasteiger partial charge is 0.367 e. The quantitative estimate of drug-likeness (QED) is 0.826. The van der Waals surface area contributed by atoms with Crippen LogP contribution >= 0.6 is 0 Å². The molecule has 0 radical (unpaired) electrons. The fourth-order valence-electron chi connectivity index (χ4n) is 2.83. The number of fused-ring (bicyclic) bond motifs is 3. The number of hydrogen-bond donors (Lipinski definition) is 2. The fourth-order valence-corrected chi connectivity index (χ4v) is 2.83. The monoisotopic (exact) mass is 246 g/mol. The Hall–Kier alpha value is -1.26. The van der Waals surface area contributed by atoms with Crippen molar-refractivity contribution in [2.45, 2.75) is 25.2 Å². The maximum absolute atomic E-state index is 3.64. The summed E-state index contributed by atoms with van der Waals surface area (Å²) in [5.41, 5.74) is 5.49. The van der Waals surface area contributed by atoms with Crippen molar-refractivity contribution in [1.82, 2.24) is 9.80 Å². The van der Waals surface area contributed by atoms with Crippen LogP contribution in [0.3, 0.4) is 0 Å². The second-order valence-corrected chi connectivity index (χ2v) is 5.79. The average molecular weight is 246 g/mol. The second-order valence-electron chi connectivity index (χ2n) is 5.79. The van der Waals surface area contributed by atoms with Gasteiger partial charge in [0, 0.05) is 12.8 Å². The Bertz CT molecular complexity index is 424. The predicted molar refractivity (Wildman–Crippen MR) is 76.0 cm³/mol. The second kappa shape index (κ2) is 4.14. The SMILES string of the molecule is CN(C)C1Cc2ccc3c(c2N1)NC(N(C)C)C3. The van der Waals surface area contributed by atoms with Gasteiger partial charge in [0.2, 0.25) is 0 Å². The van der Waals surface area contributed by atoms with Gasteiger partial charge >= 0.3 is 0 Å². The molecule has 2 atom stereocenters. The first-order valence-electron chi connectivity index (χ1n) is 6.57. The molecule has 3 rings (SSSR count). The molecule has 0 fully saturated rings. The van der Waals surface area contributed by atoms with E-state index in [0.29, 0.717) is 12.3 Å². The molecule has 2 heterocycles. The van der Waals surface area contributed by atoms with Crippen LogP contribution in [-0.4, -0.2) is 50.3 Å². The Morgan fingerprint density at radius 1 is 0.833 bits per heavy atom. The number of nitrogens with one attached hydrogen (secondary N) is 2. The first kappa shape index (κ1) is 11.8. The van der Waals surface area contributed by atoms with Gasteiger partial charge in [0.25, 0.3) is 0 Å². The molecule has 1 aromatic rings. The highest BCUT2D eigenvalue weighted by Gasteiger charge is 2.30. The Balaban J connectivity index is 1.91. The molecule has 2 N–H and O–H groups in total. The minimum absolute atomic E-state index is 0.423. The standard InChI is InChI=1S/C14H22N4/c1-17(2)11-7-9-5-6-10-8-12(18(3)4)16-14(10)13(9)15-11/h5-6,11-12,15-16H,7-8H2,1-4H3. The summed E-state index contributed by atoms with van der Waals surface area (Å²) >= 11 is 0. The zero-order valence-electron chi connectivity index (χ0n) is 11.6. The van der Waals surface area contributed by atoms with Gasteiger partial charge < -0.3 is 10.6 Å². The summed E-state index contributed by atoms with van der Waals surface area (Å²) in [7, 11) is 8.50. The van der Waals surface area contributed by atoms with Gasteiger partial charge in [0.15, 0.2) is 0 Å². The highest BCUT2D eigenvalue weighted by atomic mass is 15.3. The zero-order chi connectivity index (χ0) is 12.9. The van der Waals surface area contributed by atoms with E-state index >= 15 is 0 Å². The third-order valence-electron chi connectivity index (χ3n) is 4.07. The summed E-state index contributed by atoms with van der Waals surface area (Å²) in [6.07, 6.45) is 3.02. The average Bonchev–Trinajstić information content (AvgIpc) is 2.91. The molecule has 4 heteroatoms. The van der Waals surface area contributed by atoms with Crippen molar-refractivity contribution in [1.29, 1.82) is 0 Å². The number of anilines is 2. The number of hydrogen-bond acceptors (Lipinski definition) is 4. The lowest BCUT2D eigenvalue weighted by atomic mass is 10.1. The van der Waals surface area contributed by atoms with E-state index in [0.717, 1.165) is 12.8 Å². The Labute approximate surface area is 109 Å². The topological polar surface area (TPSA) is 30.5 Å². The van der Waals surface area contributed by atoms with Crippen LogP contribution in [-0.2, 0) is 12.8 Å². The Morgan fingerprint density at radius 3 is 1.56 bits per heavy atom. The molecule has 98 valence electrons. The van der Waals surface area contributed by atoms with Crippen molar-refractivity contribution < 1.29 is 0 Å². The molecule has 18 heavy (non-hydrogen) atoms. The van der Waals surface area contributed by atoms with Crippen LogP contribution in [0, 0.1) is 0 Å². The van der Waals surface area contributed by atoms with Crippen molar-refractivity contribution in [2.24, 2.45) is 0 Å². The van der Waals surface area contributed by atoms with E-state index in [4.69, 9.17) is 0 Å². The lowest BCUT2D eigenvalue weighted by molar-refractivity contribution is 0.329. The van der Waals surface area contributed by atoms with Crippen molar-refractivity contribution in [3.8, 4) is 0 Å². The van der Waals surface area contributed by atoms with Gasteiger partial charge in [-0.25, -0.2) is 0 Å². The van der Waals surface area contributed by atoms with E-state index in [1.807, 2.05) is 0 Å². The van der Waals surface area contributed by atoms with Gasteiger partial charge in [-0.05, 0) is 39.3 Å². The zero-order valence-corrected chi connectivity index (χ0v) is 11.6. The molecular formula is C14H22N4. The Kier molecular flexibility index (Phi) is 2.72. The lowest BCUT2D eigenvalue weighted by Gasteiger charge is -2.21. The first-order chi connectivity index (χ1) is 8.56. The maximum Gasteiger partial charge on any atom is 0.0830 e. The molecule has 0 saturated carbocycles. The van der Waals surface area contributed by atoms with Gasteiger partial charge in [-0.1, -0.05) is 12.1 Å². The van der Waals surface area contributed by atoms with Crippen LogP contribution in [0.1, 0.15) is 11.1 Å². The van der Waals surface area contributed by atoms with Gasteiger partial charge in [-0.3, -0.25) is 9.80 Å². The molecule has 0 aromatic heterocycles. The summed E-state index contributed by atoms with van der Waals surface area (Å²) in [5.74, 6) is 0. The molecule has 2 aliphatic rings. The summed E-state index contributed by atoms with van der Waals surface area (Å²) in [5, 5.41) is 7.28. The third-order valence-corrected chi connectivity index (χ3v) is 4.07. The number of likely N-dealkylation sites (N-methyl/N-ethyl adjacent to an activating group) is 2. The van der Waals surface area contributed by atoms with Crippen LogP contribution in [0.5, 0.6) is 0 Å². The van der Waals surface area contributed by atoms with E-state index in [1.54, 1.807) is 0 Å². The lowest BCUT2D eigenvalue weighted by Crippen LogP contribution is -2.34. The van der Waals surface area contributed by atoms with Crippen LogP contribution in [0.25, 0.3) is 0 Å². The molecular weight excluding hydrogens is 224 g/mol. The summed E-state index contributed by atoms with van der Waals surface area (Å²) < 4.78 is 0. The van der Waals surface area contributed by atoms with Gasteiger partial charge in [-0.15, -0.1) is 0 Å². The highest BCUT2D eigenvalue weighted by Crippen LogP contribution is 2.40. The molecule has 0 saturated heterocycles. The van der Waals surface area contributed by atoms with Crippen LogP contribution in [0.2, 0.25) is 0 Å². The van der Waals surface area contributed by atoms with E-state index < -0.39 is 0 Å². The molecule has 4 nitrogen and oxygen atoms in total. The third kappa shape index (κ3) is 1.76.